The van der Waals surface area contributed by atoms with Gasteiger partial charge in [0.15, 0.2) is 11.5 Å². The third kappa shape index (κ3) is 4.13. The molecular weight excluding hydrogens is 248 g/mol. The predicted octanol–water partition coefficient (Wildman–Crippen LogP) is 2.41. The molecule has 0 aromatic heterocycles. The lowest BCUT2D eigenvalue weighted by atomic mass is 10.1. The highest BCUT2D eigenvalue weighted by atomic mass is 16.6. The first-order chi connectivity index (χ1) is 8.97. The summed E-state index contributed by atoms with van der Waals surface area (Å²) in [4.78, 5) is 21.9. The van der Waals surface area contributed by atoms with Crippen molar-refractivity contribution in [3.63, 3.8) is 0 Å². The van der Waals surface area contributed by atoms with Crippen LogP contribution in [0.25, 0.3) is 0 Å². The molecular formula is C14H16O5. The van der Waals surface area contributed by atoms with Gasteiger partial charge in [-0.3, -0.25) is 9.59 Å². The second-order valence-electron chi connectivity index (χ2n) is 3.77. The van der Waals surface area contributed by atoms with Gasteiger partial charge in [-0.1, -0.05) is 12.6 Å². The van der Waals surface area contributed by atoms with E-state index in [0.29, 0.717) is 17.1 Å². The maximum Gasteiger partial charge on any atom is 0.308 e. The van der Waals surface area contributed by atoms with Gasteiger partial charge in [-0.2, -0.15) is 0 Å². The molecule has 19 heavy (non-hydrogen) atoms. The predicted molar refractivity (Wildman–Crippen MR) is 69.0 cm³/mol. The zero-order chi connectivity index (χ0) is 14.4. The summed E-state index contributed by atoms with van der Waals surface area (Å²) in [5.74, 6) is -0.157. The number of hydrogen-bond acceptors (Lipinski definition) is 5. The lowest BCUT2D eigenvalue weighted by Crippen LogP contribution is -2.07. The third-order valence-electron chi connectivity index (χ3n) is 2.28. The van der Waals surface area contributed by atoms with E-state index in [1.54, 1.807) is 18.2 Å². The van der Waals surface area contributed by atoms with Crippen molar-refractivity contribution in [3.8, 4) is 11.5 Å². The van der Waals surface area contributed by atoms with Crippen LogP contribution < -0.4 is 9.47 Å². The van der Waals surface area contributed by atoms with Crippen molar-refractivity contribution in [2.45, 2.75) is 20.0 Å². The zero-order valence-corrected chi connectivity index (χ0v) is 11.1. The maximum absolute atomic E-state index is 11.0. The molecule has 5 heteroatoms. The molecule has 1 aromatic carbocycles. The molecule has 0 radical (unpaired) electrons. The van der Waals surface area contributed by atoms with Crippen LogP contribution >= 0.6 is 0 Å². The summed E-state index contributed by atoms with van der Waals surface area (Å²) < 4.78 is 15.2. The number of esters is 2. The summed E-state index contributed by atoms with van der Waals surface area (Å²) in [6, 6.07) is 4.89. The number of ether oxygens (including phenoxy) is 3. The van der Waals surface area contributed by atoms with Crippen LogP contribution in [0.15, 0.2) is 30.9 Å². The van der Waals surface area contributed by atoms with E-state index in [9.17, 15) is 9.59 Å². The number of rotatable bonds is 5. The van der Waals surface area contributed by atoms with Crippen LogP contribution in [0.3, 0.4) is 0 Å². The summed E-state index contributed by atoms with van der Waals surface area (Å²) in [6.07, 6.45) is 0.930. The molecule has 0 spiro atoms. The van der Waals surface area contributed by atoms with Crippen LogP contribution in [0.2, 0.25) is 0 Å². The van der Waals surface area contributed by atoms with E-state index < -0.39 is 18.0 Å². The Morgan fingerprint density at radius 3 is 2.37 bits per heavy atom. The standard InChI is InChI=1S/C14H16O5/c1-5-12(18-9(2)15)11-6-7-13(19-10(3)16)14(8-11)17-4/h5-8,12H,1H2,2-4H3/t12-/m0/s1. The van der Waals surface area contributed by atoms with Crippen molar-refractivity contribution in [3.05, 3.63) is 36.4 Å². The lowest BCUT2D eigenvalue weighted by Gasteiger charge is -2.15. The highest BCUT2D eigenvalue weighted by Crippen LogP contribution is 2.31. The lowest BCUT2D eigenvalue weighted by molar-refractivity contribution is -0.144. The molecule has 1 aromatic rings. The van der Waals surface area contributed by atoms with E-state index in [1.807, 2.05) is 0 Å². The van der Waals surface area contributed by atoms with Gasteiger partial charge in [0.05, 0.1) is 7.11 Å². The van der Waals surface area contributed by atoms with Gasteiger partial charge in [0.1, 0.15) is 6.10 Å². The zero-order valence-electron chi connectivity index (χ0n) is 11.1. The van der Waals surface area contributed by atoms with Crippen molar-refractivity contribution in [1.29, 1.82) is 0 Å². The van der Waals surface area contributed by atoms with Gasteiger partial charge in [-0.15, -0.1) is 0 Å². The number of benzene rings is 1. The molecule has 0 bridgehead atoms. The minimum atomic E-state index is -0.572. The molecule has 0 fully saturated rings. The SMILES string of the molecule is C=C[C@H](OC(C)=O)c1ccc(OC(C)=O)c(OC)c1. The Balaban J connectivity index is 3.06. The maximum atomic E-state index is 11.0. The first-order valence-corrected chi connectivity index (χ1v) is 5.64. The molecule has 0 aliphatic heterocycles. The monoisotopic (exact) mass is 264 g/mol. The van der Waals surface area contributed by atoms with Gasteiger partial charge in [0, 0.05) is 19.4 Å². The van der Waals surface area contributed by atoms with Crippen molar-refractivity contribution >= 4 is 11.9 Å². The summed E-state index contributed by atoms with van der Waals surface area (Å²) in [6.45, 7) is 6.24. The molecule has 0 aliphatic carbocycles. The van der Waals surface area contributed by atoms with E-state index in [1.165, 1.54) is 27.0 Å². The fourth-order valence-corrected chi connectivity index (χ4v) is 1.53. The molecule has 5 nitrogen and oxygen atoms in total. The van der Waals surface area contributed by atoms with Gasteiger partial charge in [0.25, 0.3) is 0 Å². The number of carbonyl (C=O) groups excluding carboxylic acids is 2. The Labute approximate surface area is 111 Å². The minimum absolute atomic E-state index is 0.310. The summed E-state index contributed by atoms with van der Waals surface area (Å²) in [5.41, 5.74) is 0.679. The van der Waals surface area contributed by atoms with Gasteiger partial charge in [-0.05, 0) is 18.2 Å². The number of hydrogen-bond donors (Lipinski definition) is 0. The molecule has 0 saturated heterocycles. The Hall–Kier alpha value is -2.30. The van der Waals surface area contributed by atoms with Crippen molar-refractivity contribution < 1.29 is 23.8 Å². The highest BCUT2D eigenvalue weighted by molar-refractivity contribution is 5.70. The fourth-order valence-electron chi connectivity index (χ4n) is 1.53. The number of carbonyl (C=O) groups is 2. The summed E-state index contributed by atoms with van der Waals surface area (Å²) in [5, 5.41) is 0. The molecule has 0 heterocycles. The van der Waals surface area contributed by atoms with Crippen LogP contribution in [0.4, 0.5) is 0 Å². The van der Waals surface area contributed by atoms with Crippen molar-refractivity contribution in [2.75, 3.05) is 7.11 Å². The molecule has 0 saturated carbocycles. The van der Waals surface area contributed by atoms with Crippen LogP contribution in [-0.4, -0.2) is 19.0 Å². The second-order valence-corrected chi connectivity index (χ2v) is 3.77. The third-order valence-corrected chi connectivity index (χ3v) is 2.28. The van der Waals surface area contributed by atoms with E-state index >= 15 is 0 Å². The van der Waals surface area contributed by atoms with Gasteiger partial charge < -0.3 is 14.2 Å². The van der Waals surface area contributed by atoms with E-state index in [2.05, 4.69) is 6.58 Å². The molecule has 1 rings (SSSR count). The summed E-state index contributed by atoms with van der Waals surface area (Å²) >= 11 is 0. The normalized spacial score (nSPS) is 11.3. The van der Waals surface area contributed by atoms with Crippen LogP contribution in [0.1, 0.15) is 25.5 Å². The fraction of sp³-hybridized carbons (Fsp3) is 0.286. The second kappa shape index (κ2) is 6.58. The topological polar surface area (TPSA) is 61.8 Å². The van der Waals surface area contributed by atoms with Crippen molar-refractivity contribution in [1.82, 2.24) is 0 Å². The van der Waals surface area contributed by atoms with Crippen LogP contribution in [0.5, 0.6) is 11.5 Å². The molecule has 0 N–H and O–H groups in total. The summed E-state index contributed by atoms with van der Waals surface area (Å²) in [7, 11) is 1.46. The molecule has 0 unspecified atom stereocenters. The average molecular weight is 264 g/mol. The van der Waals surface area contributed by atoms with E-state index in [-0.39, 0.29) is 0 Å². The van der Waals surface area contributed by atoms with E-state index in [4.69, 9.17) is 14.2 Å². The van der Waals surface area contributed by atoms with Crippen molar-refractivity contribution in [2.24, 2.45) is 0 Å². The Morgan fingerprint density at radius 1 is 1.21 bits per heavy atom. The Bertz CT molecular complexity index is 493. The Kier molecular flexibility index (Phi) is 5.11. The van der Waals surface area contributed by atoms with E-state index in [0.717, 1.165) is 0 Å². The van der Waals surface area contributed by atoms with Gasteiger partial charge in [-0.25, -0.2) is 0 Å². The quantitative estimate of drug-likeness (QED) is 0.464. The van der Waals surface area contributed by atoms with Gasteiger partial charge in [0.2, 0.25) is 0 Å². The smallest absolute Gasteiger partial charge is 0.308 e. The van der Waals surface area contributed by atoms with Crippen LogP contribution in [0, 0.1) is 0 Å². The molecule has 102 valence electrons. The first kappa shape index (κ1) is 14.8. The molecule has 0 amide bonds. The van der Waals surface area contributed by atoms with Crippen LogP contribution in [-0.2, 0) is 14.3 Å². The largest absolute Gasteiger partial charge is 0.493 e. The average Bonchev–Trinajstić information content (AvgIpc) is 2.35. The molecule has 1 atom stereocenters. The number of methoxy groups -OCH3 is 1. The highest BCUT2D eigenvalue weighted by Gasteiger charge is 2.15. The Morgan fingerprint density at radius 2 is 1.89 bits per heavy atom. The minimum Gasteiger partial charge on any atom is -0.493 e. The molecule has 0 aliphatic rings. The van der Waals surface area contributed by atoms with Gasteiger partial charge >= 0.3 is 11.9 Å². The first-order valence-electron chi connectivity index (χ1n) is 5.64.